The topological polar surface area (TPSA) is 55.7 Å². The average Bonchev–Trinajstić information content (AvgIpc) is 2.89. The number of aryl methyl sites for hydroxylation is 2. The van der Waals surface area contributed by atoms with Crippen molar-refractivity contribution in [2.24, 2.45) is 0 Å². The molecule has 2 heterocycles. The zero-order chi connectivity index (χ0) is 17.8. The number of hydrogen-bond donors (Lipinski definition) is 1. The summed E-state index contributed by atoms with van der Waals surface area (Å²) in [7, 11) is 1.66. The molecule has 0 spiro atoms. The second-order valence-electron chi connectivity index (χ2n) is 6.30. The van der Waals surface area contributed by atoms with E-state index < -0.39 is 0 Å². The van der Waals surface area contributed by atoms with E-state index in [9.17, 15) is 4.79 Å². The van der Waals surface area contributed by atoms with E-state index in [1.165, 1.54) is 0 Å². The number of benzene rings is 1. The molecule has 2 aromatic rings. The van der Waals surface area contributed by atoms with Crippen LogP contribution < -0.4 is 10.2 Å². The number of hydrazine groups is 1. The lowest BCUT2D eigenvalue weighted by Crippen LogP contribution is -2.48. The molecular formula is C19H25N3O3. The van der Waals surface area contributed by atoms with Crippen molar-refractivity contribution >= 4 is 5.91 Å². The lowest BCUT2D eigenvalue weighted by atomic mass is 10.2. The fraction of sp³-hybridized carbons (Fsp3) is 0.421. The summed E-state index contributed by atoms with van der Waals surface area (Å²) in [6, 6.07) is 9.98. The third-order valence-electron chi connectivity index (χ3n) is 4.46. The van der Waals surface area contributed by atoms with Crippen LogP contribution in [-0.4, -0.2) is 48.9 Å². The zero-order valence-electron chi connectivity index (χ0n) is 15.0. The maximum atomic E-state index is 12.8. The van der Waals surface area contributed by atoms with Crippen LogP contribution in [0.15, 0.2) is 30.3 Å². The summed E-state index contributed by atoms with van der Waals surface area (Å²) in [4.78, 5) is 12.8. The van der Waals surface area contributed by atoms with Gasteiger partial charge in [0.05, 0.1) is 20.3 Å². The van der Waals surface area contributed by atoms with E-state index in [0.717, 1.165) is 22.6 Å². The number of carbonyl (C=O) groups excluding carboxylic acids is 1. The molecule has 25 heavy (non-hydrogen) atoms. The average molecular weight is 343 g/mol. The molecule has 1 aromatic carbocycles. The molecule has 0 bridgehead atoms. The molecule has 1 saturated heterocycles. The third-order valence-corrected chi connectivity index (χ3v) is 4.46. The molecule has 0 atom stereocenters. The number of morpholine rings is 1. The van der Waals surface area contributed by atoms with E-state index in [1.54, 1.807) is 7.11 Å². The lowest BCUT2D eigenvalue weighted by molar-refractivity contribution is 0.0123. The number of hydrogen-bond acceptors (Lipinski definition) is 4. The maximum absolute atomic E-state index is 12.8. The van der Waals surface area contributed by atoms with Gasteiger partial charge >= 0.3 is 0 Å². The van der Waals surface area contributed by atoms with Gasteiger partial charge in [-0.3, -0.25) is 10.2 Å². The van der Waals surface area contributed by atoms with E-state index in [-0.39, 0.29) is 5.91 Å². The Balaban J connectivity index is 1.83. The molecule has 1 amide bonds. The molecule has 0 radical (unpaired) electrons. The van der Waals surface area contributed by atoms with Crippen LogP contribution in [-0.2, 0) is 11.3 Å². The van der Waals surface area contributed by atoms with Gasteiger partial charge in [-0.25, -0.2) is 5.01 Å². The number of amides is 1. The Hall–Kier alpha value is -2.31. The SMILES string of the molecule is COc1cccc(Cn2c(C)cc(C)c2C(=O)NN2CCOCC2)c1. The summed E-state index contributed by atoms with van der Waals surface area (Å²) < 4.78 is 12.7. The molecule has 1 aliphatic rings. The van der Waals surface area contributed by atoms with Crippen LogP contribution in [0, 0.1) is 13.8 Å². The van der Waals surface area contributed by atoms with Crippen LogP contribution in [0.2, 0.25) is 0 Å². The smallest absolute Gasteiger partial charge is 0.282 e. The van der Waals surface area contributed by atoms with Crippen molar-refractivity contribution in [2.45, 2.75) is 20.4 Å². The highest BCUT2D eigenvalue weighted by Gasteiger charge is 2.20. The van der Waals surface area contributed by atoms with Crippen LogP contribution in [0.1, 0.15) is 27.3 Å². The largest absolute Gasteiger partial charge is 0.497 e. The minimum absolute atomic E-state index is 0.0737. The van der Waals surface area contributed by atoms with E-state index in [1.807, 2.05) is 43.1 Å². The van der Waals surface area contributed by atoms with E-state index in [4.69, 9.17) is 9.47 Å². The van der Waals surface area contributed by atoms with Crippen molar-refractivity contribution in [1.29, 1.82) is 0 Å². The standard InChI is InChI=1S/C19H25N3O3/c1-14-11-15(2)22(13-16-5-4-6-17(12-16)24-3)18(14)19(23)20-21-7-9-25-10-8-21/h4-6,11-12H,7-10,13H2,1-3H3,(H,20,23). The molecule has 1 N–H and O–H groups in total. The zero-order valence-corrected chi connectivity index (χ0v) is 15.0. The van der Waals surface area contributed by atoms with Gasteiger partial charge in [-0.15, -0.1) is 0 Å². The predicted octanol–water partition coefficient (Wildman–Crippen LogP) is 2.14. The second kappa shape index (κ2) is 7.72. The van der Waals surface area contributed by atoms with Crippen LogP contribution >= 0.6 is 0 Å². The van der Waals surface area contributed by atoms with Gasteiger partial charge in [0.15, 0.2) is 0 Å². The predicted molar refractivity (Wildman–Crippen MR) is 95.9 cm³/mol. The Kier molecular flexibility index (Phi) is 5.40. The number of carbonyl (C=O) groups is 1. The molecule has 0 unspecified atom stereocenters. The summed E-state index contributed by atoms with van der Waals surface area (Å²) in [6.07, 6.45) is 0. The van der Waals surface area contributed by atoms with Gasteiger partial charge in [0, 0.05) is 25.3 Å². The highest BCUT2D eigenvalue weighted by Crippen LogP contribution is 2.20. The lowest BCUT2D eigenvalue weighted by Gasteiger charge is -2.27. The summed E-state index contributed by atoms with van der Waals surface area (Å²) in [5.74, 6) is 0.744. The fourth-order valence-electron chi connectivity index (χ4n) is 3.18. The van der Waals surface area contributed by atoms with Crippen molar-refractivity contribution in [1.82, 2.24) is 15.0 Å². The Bertz CT molecular complexity index is 748. The van der Waals surface area contributed by atoms with Gasteiger partial charge in [0.2, 0.25) is 0 Å². The van der Waals surface area contributed by atoms with E-state index in [2.05, 4.69) is 16.1 Å². The molecule has 1 aliphatic heterocycles. The minimum atomic E-state index is -0.0737. The number of nitrogens with zero attached hydrogens (tertiary/aromatic N) is 2. The van der Waals surface area contributed by atoms with Crippen molar-refractivity contribution in [3.05, 3.63) is 52.8 Å². The van der Waals surface area contributed by atoms with E-state index in [0.29, 0.717) is 38.5 Å². The van der Waals surface area contributed by atoms with Gasteiger partial charge in [-0.2, -0.15) is 0 Å². The maximum Gasteiger partial charge on any atom is 0.282 e. The van der Waals surface area contributed by atoms with Crippen LogP contribution in [0.5, 0.6) is 5.75 Å². The number of aromatic nitrogens is 1. The van der Waals surface area contributed by atoms with Crippen LogP contribution in [0.3, 0.4) is 0 Å². The molecule has 1 fully saturated rings. The van der Waals surface area contributed by atoms with Crippen LogP contribution in [0.25, 0.3) is 0 Å². The first-order chi connectivity index (χ1) is 12.1. The van der Waals surface area contributed by atoms with Crippen LogP contribution in [0.4, 0.5) is 0 Å². The molecule has 3 rings (SSSR count). The van der Waals surface area contributed by atoms with Crippen molar-refractivity contribution in [3.8, 4) is 5.75 Å². The summed E-state index contributed by atoms with van der Waals surface area (Å²) in [5, 5.41) is 1.92. The first kappa shape index (κ1) is 17.5. The minimum Gasteiger partial charge on any atom is -0.497 e. The Morgan fingerprint density at radius 1 is 1.24 bits per heavy atom. The van der Waals surface area contributed by atoms with Gasteiger partial charge in [0.1, 0.15) is 11.4 Å². The molecular weight excluding hydrogens is 318 g/mol. The van der Waals surface area contributed by atoms with Crippen molar-refractivity contribution in [3.63, 3.8) is 0 Å². The molecule has 6 heteroatoms. The Morgan fingerprint density at radius 2 is 2.00 bits per heavy atom. The molecule has 1 aromatic heterocycles. The van der Waals surface area contributed by atoms with Crippen molar-refractivity contribution in [2.75, 3.05) is 33.4 Å². The highest BCUT2D eigenvalue weighted by atomic mass is 16.5. The monoisotopic (exact) mass is 343 g/mol. The number of ether oxygens (including phenoxy) is 2. The molecule has 0 saturated carbocycles. The number of rotatable bonds is 5. The summed E-state index contributed by atoms with van der Waals surface area (Å²) in [5.41, 5.74) is 6.84. The Labute approximate surface area is 148 Å². The third kappa shape index (κ3) is 4.03. The quantitative estimate of drug-likeness (QED) is 0.904. The molecule has 134 valence electrons. The second-order valence-corrected chi connectivity index (χ2v) is 6.30. The number of methoxy groups -OCH3 is 1. The molecule has 0 aliphatic carbocycles. The normalized spacial score (nSPS) is 15.2. The molecule has 6 nitrogen and oxygen atoms in total. The summed E-state index contributed by atoms with van der Waals surface area (Å²) in [6.45, 7) is 7.33. The van der Waals surface area contributed by atoms with Gasteiger partial charge in [-0.05, 0) is 43.2 Å². The van der Waals surface area contributed by atoms with Crippen molar-refractivity contribution < 1.29 is 14.3 Å². The highest BCUT2D eigenvalue weighted by molar-refractivity contribution is 5.94. The van der Waals surface area contributed by atoms with E-state index >= 15 is 0 Å². The number of nitrogens with one attached hydrogen (secondary N) is 1. The van der Waals surface area contributed by atoms with Gasteiger partial charge in [-0.1, -0.05) is 12.1 Å². The summed E-state index contributed by atoms with van der Waals surface area (Å²) >= 11 is 0. The Morgan fingerprint density at radius 3 is 2.72 bits per heavy atom. The fourth-order valence-corrected chi connectivity index (χ4v) is 3.18. The van der Waals surface area contributed by atoms with Gasteiger partial charge < -0.3 is 14.0 Å². The first-order valence-corrected chi connectivity index (χ1v) is 8.52. The van der Waals surface area contributed by atoms with Gasteiger partial charge in [0.25, 0.3) is 5.91 Å². The first-order valence-electron chi connectivity index (χ1n) is 8.52.